The Morgan fingerprint density at radius 2 is 1.67 bits per heavy atom. The van der Waals surface area contributed by atoms with E-state index in [2.05, 4.69) is 35.9 Å². The molecule has 1 saturated heterocycles. The van der Waals surface area contributed by atoms with Crippen LogP contribution >= 0.6 is 0 Å². The third-order valence-corrected chi connectivity index (χ3v) is 3.93. The van der Waals surface area contributed by atoms with E-state index in [9.17, 15) is 4.79 Å². The molecule has 21 heavy (non-hydrogen) atoms. The van der Waals surface area contributed by atoms with Crippen LogP contribution < -0.4 is 5.32 Å². The smallest absolute Gasteiger partial charge is 0.219 e. The summed E-state index contributed by atoms with van der Waals surface area (Å²) in [5.41, 5.74) is 0. The van der Waals surface area contributed by atoms with Crippen LogP contribution in [0.3, 0.4) is 0 Å². The second-order valence-corrected chi connectivity index (χ2v) is 5.26. The van der Waals surface area contributed by atoms with Gasteiger partial charge in [0.05, 0.1) is 6.54 Å². The van der Waals surface area contributed by atoms with Crippen LogP contribution in [0.25, 0.3) is 0 Å². The minimum atomic E-state index is 0.165. The minimum absolute atomic E-state index is 0.165. The molecular weight excluding hydrogens is 266 g/mol. The van der Waals surface area contributed by atoms with Gasteiger partial charge >= 0.3 is 0 Å². The van der Waals surface area contributed by atoms with Gasteiger partial charge in [-0.2, -0.15) is 0 Å². The lowest BCUT2D eigenvalue weighted by atomic mass is 10.3. The second kappa shape index (κ2) is 9.60. The molecule has 6 nitrogen and oxygen atoms in total. The summed E-state index contributed by atoms with van der Waals surface area (Å²) in [6, 6.07) is 0. The number of nitrogens with one attached hydrogen (secondary N) is 1. The van der Waals surface area contributed by atoms with E-state index in [1.165, 1.54) is 0 Å². The first kappa shape index (κ1) is 17.8. The van der Waals surface area contributed by atoms with Gasteiger partial charge in [0, 0.05) is 46.2 Å². The molecule has 0 radical (unpaired) electrons. The summed E-state index contributed by atoms with van der Waals surface area (Å²) in [4.78, 5) is 22.6. The predicted molar refractivity (Wildman–Crippen MR) is 87.6 cm³/mol. The van der Waals surface area contributed by atoms with Gasteiger partial charge < -0.3 is 20.0 Å². The van der Waals surface area contributed by atoms with Crippen LogP contribution in [0.5, 0.6) is 0 Å². The van der Waals surface area contributed by atoms with Gasteiger partial charge in [0.25, 0.3) is 0 Å². The average Bonchev–Trinajstić information content (AvgIpc) is 2.50. The Balaban J connectivity index is 2.51. The maximum Gasteiger partial charge on any atom is 0.219 e. The van der Waals surface area contributed by atoms with Gasteiger partial charge in [-0.1, -0.05) is 13.8 Å². The van der Waals surface area contributed by atoms with Gasteiger partial charge in [0.1, 0.15) is 0 Å². The lowest BCUT2D eigenvalue weighted by Gasteiger charge is -2.36. The Morgan fingerprint density at radius 1 is 1.10 bits per heavy atom. The molecule has 0 unspecified atom stereocenters. The molecule has 1 aliphatic heterocycles. The third-order valence-electron chi connectivity index (χ3n) is 3.93. The van der Waals surface area contributed by atoms with Crippen molar-refractivity contribution in [1.82, 2.24) is 20.0 Å². The Labute approximate surface area is 129 Å². The van der Waals surface area contributed by atoms with E-state index < -0.39 is 0 Å². The topological polar surface area (TPSA) is 51.2 Å². The number of nitrogens with zero attached hydrogens (tertiary/aromatic N) is 4. The number of carbonyl (C=O) groups excluding carboxylic acids is 1. The van der Waals surface area contributed by atoms with Crippen LogP contribution in [0.1, 0.15) is 27.7 Å². The fraction of sp³-hybridized carbons (Fsp3) is 0.867. The number of rotatable bonds is 6. The number of aliphatic imine (C=N–C) groups is 1. The second-order valence-electron chi connectivity index (χ2n) is 5.26. The van der Waals surface area contributed by atoms with Crippen molar-refractivity contribution >= 4 is 11.9 Å². The summed E-state index contributed by atoms with van der Waals surface area (Å²) in [7, 11) is 0. The van der Waals surface area contributed by atoms with Gasteiger partial charge in [-0.3, -0.25) is 9.79 Å². The van der Waals surface area contributed by atoms with Gasteiger partial charge in [0.2, 0.25) is 5.91 Å². The van der Waals surface area contributed by atoms with Crippen LogP contribution in [0.15, 0.2) is 4.99 Å². The standard InChI is InChI=1S/C15H31N5O/c1-5-16-15(17-8-9-18(6-2)7-3)20-12-10-19(11-13-20)14(4)21/h5-13H2,1-4H3,(H,16,17). The van der Waals surface area contributed by atoms with Crippen molar-refractivity contribution in [2.45, 2.75) is 27.7 Å². The van der Waals surface area contributed by atoms with E-state index in [4.69, 9.17) is 4.99 Å². The molecule has 0 spiro atoms. The van der Waals surface area contributed by atoms with Crippen molar-refractivity contribution in [1.29, 1.82) is 0 Å². The first-order chi connectivity index (χ1) is 10.1. The van der Waals surface area contributed by atoms with Crippen LogP contribution in [0.2, 0.25) is 0 Å². The SMILES string of the molecule is CCNC(=NCCN(CC)CC)N1CCN(C(C)=O)CC1. The molecule has 122 valence electrons. The molecule has 1 fully saturated rings. The molecule has 1 aliphatic rings. The average molecular weight is 297 g/mol. The Bertz CT molecular complexity index is 333. The Hall–Kier alpha value is -1.30. The summed E-state index contributed by atoms with van der Waals surface area (Å²) in [5.74, 6) is 1.14. The highest BCUT2D eigenvalue weighted by atomic mass is 16.2. The van der Waals surface area contributed by atoms with Gasteiger partial charge in [0.15, 0.2) is 5.96 Å². The van der Waals surface area contributed by atoms with E-state index >= 15 is 0 Å². The number of hydrogen-bond donors (Lipinski definition) is 1. The number of amides is 1. The van der Waals surface area contributed by atoms with Crippen LogP contribution in [-0.4, -0.2) is 85.5 Å². The van der Waals surface area contributed by atoms with Crippen molar-refractivity contribution < 1.29 is 4.79 Å². The third kappa shape index (κ3) is 5.91. The highest BCUT2D eigenvalue weighted by Crippen LogP contribution is 2.02. The van der Waals surface area contributed by atoms with Crippen molar-refractivity contribution in [3.63, 3.8) is 0 Å². The number of carbonyl (C=O) groups is 1. The lowest BCUT2D eigenvalue weighted by Crippen LogP contribution is -2.53. The summed E-state index contributed by atoms with van der Waals surface area (Å²) in [6.07, 6.45) is 0. The fourth-order valence-corrected chi connectivity index (χ4v) is 2.50. The zero-order valence-electron chi connectivity index (χ0n) is 14.1. The molecule has 0 aromatic heterocycles. The van der Waals surface area contributed by atoms with E-state index in [1.54, 1.807) is 6.92 Å². The molecule has 1 rings (SSSR count). The molecule has 1 heterocycles. The van der Waals surface area contributed by atoms with E-state index in [1.807, 2.05) is 4.90 Å². The molecule has 0 aromatic rings. The van der Waals surface area contributed by atoms with Crippen LogP contribution in [-0.2, 0) is 4.79 Å². The zero-order chi connectivity index (χ0) is 15.7. The normalized spacial score (nSPS) is 16.5. The quantitative estimate of drug-likeness (QED) is 0.571. The molecule has 0 atom stereocenters. The van der Waals surface area contributed by atoms with Crippen molar-refractivity contribution in [3.05, 3.63) is 0 Å². The van der Waals surface area contributed by atoms with E-state index in [0.717, 1.165) is 64.9 Å². The first-order valence-electron chi connectivity index (χ1n) is 8.13. The summed E-state index contributed by atoms with van der Waals surface area (Å²) in [6.45, 7) is 16.2. The molecular formula is C15H31N5O. The van der Waals surface area contributed by atoms with Crippen molar-refractivity contribution in [3.8, 4) is 0 Å². The molecule has 1 N–H and O–H groups in total. The van der Waals surface area contributed by atoms with Crippen LogP contribution in [0, 0.1) is 0 Å². The first-order valence-corrected chi connectivity index (χ1v) is 8.13. The zero-order valence-corrected chi connectivity index (χ0v) is 14.1. The summed E-state index contributed by atoms with van der Waals surface area (Å²) < 4.78 is 0. The molecule has 0 aliphatic carbocycles. The maximum atomic E-state index is 11.4. The molecule has 0 saturated carbocycles. The molecule has 0 bridgehead atoms. The number of piperazine rings is 1. The van der Waals surface area contributed by atoms with Crippen LogP contribution in [0.4, 0.5) is 0 Å². The number of guanidine groups is 1. The highest BCUT2D eigenvalue weighted by molar-refractivity contribution is 5.80. The Morgan fingerprint density at radius 3 is 2.14 bits per heavy atom. The summed E-state index contributed by atoms with van der Waals surface area (Å²) >= 11 is 0. The minimum Gasteiger partial charge on any atom is -0.357 e. The molecule has 1 amide bonds. The van der Waals surface area contributed by atoms with E-state index in [-0.39, 0.29) is 5.91 Å². The number of hydrogen-bond acceptors (Lipinski definition) is 3. The number of likely N-dealkylation sites (N-methyl/N-ethyl adjacent to an activating group) is 1. The Kier molecular flexibility index (Phi) is 8.12. The largest absolute Gasteiger partial charge is 0.357 e. The van der Waals surface area contributed by atoms with Gasteiger partial charge in [-0.05, 0) is 20.0 Å². The van der Waals surface area contributed by atoms with Gasteiger partial charge in [-0.25, -0.2) is 0 Å². The van der Waals surface area contributed by atoms with Crippen molar-refractivity contribution in [2.24, 2.45) is 4.99 Å². The molecule has 0 aromatic carbocycles. The maximum absolute atomic E-state index is 11.4. The van der Waals surface area contributed by atoms with Crippen molar-refractivity contribution in [2.75, 3.05) is 58.9 Å². The molecule has 6 heteroatoms. The van der Waals surface area contributed by atoms with E-state index in [0.29, 0.717) is 0 Å². The van der Waals surface area contributed by atoms with Gasteiger partial charge in [-0.15, -0.1) is 0 Å². The highest BCUT2D eigenvalue weighted by Gasteiger charge is 2.20. The lowest BCUT2D eigenvalue weighted by molar-refractivity contribution is -0.130. The fourth-order valence-electron chi connectivity index (χ4n) is 2.50. The summed E-state index contributed by atoms with van der Waals surface area (Å²) in [5, 5.41) is 3.36. The predicted octanol–water partition coefficient (Wildman–Crippen LogP) is 0.458. The monoisotopic (exact) mass is 297 g/mol.